The second kappa shape index (κ2) is 9.19. The molecule has 0 bridgehead atoms. The SMILES string of the molecule is O=C(O)CCCCCCCCCc1cnc2ccccc2c1. The Morgan fingerprint density at radius 3 is 2.41 bits per heavy atom. The van der Waals surface area contributed by atoms with E-state index in [-0.39, 0.29) is 0 Å². The highest BCUT2D eigenvalue weighted by Crippen LogP contribution is 2.15. The maximum absolute atomic E-state index is 10.4. The molecule has 1 aromatic heterocycles. The first-order chi connectivity index (χ1) is 10.8. The number of unbranched alkanes of at least 4 members (excludes halogenated alkanes) is 6. The van der Waals surface area contributed by atoms with Crippen LogP contribution in [0.3, 0.4) is 0 Å². The predicted octanol–water partition coefficient (Wildman–Crippen LogP) is 4.98. The van der Waals surface area contributed by atoms with E-state index >= 15 is 0 Å². The lowest BCUT2D eigenvalue weighted by molar-refractivity contribution is -0.137. The average molecular weight is 299 g/mol. The number of fused-ring (bicyclic) bond motifs is 1. The number of hydrogen-bond donors (Lipinski definition) is 1. The fraction of sp³-hybridized carbons (Fsp3) is 0.474. The van der Waals surface area contributed by atoms with Gasteiger partial charge in [-0.2, -0.15) is 0 Å². The molecular weight excluding hydrogens is 274 g/mol. The molecule has 0 atom stereocenters. The quantitative estimate of drug-likeness (QED) is 0.629. The first-order valence-electron chi connectivity index (χ1n) is 8.31. The summed E-state index contributed by atoms with van der Waals surface area (Å²) in [6.45, 7) is 0. The highest BCUT2D eigenvalue weighted by Gasteiger charge is 1.99. The van der Waals surface area contributed by atoms with Crippen molar-refractivity contribution in [1.82, 2.24) is 4.98 Å². The molecule has 1 heterocycles. The van der Waals surface area contributed by atoms with Crippen LogP contribution in [0.25, 0.3) is 10.9 Å². The number of rotatable bonds is 10. The molecule has 1 N–H and O–H groups in total. The number of aryl methyl sites for hydroxylation is 1. The summed E-state index contributed by atoms with van der Waals surface area (Å²) < 4.78 is 0. The van der Waals surface area contributed by atoms with E-state index in [4.69, 9.17) is 5.11 Å². The van der Waals surface area contributed by atoms with Crippen LogP contribution in [0, 0.1) is 0 Å². The van der Waals surface area contributed by atoms with Crippen LogP contribution in [0.1, 0.15) is 56.9 Å². The summed E-state index contributed by atoms with van der Waals surface area (Å²) in [5.41, 5.74) is 2.38. The number of carbonyl (C=O) groups is 1. The van der Waals surface area contributed by atoms with Crippen molar-refractivity contribution >= 4 is 16.9 Å². The number of carboxylic acids is 1. The van der Waals surface area contributed by atoms with E-state index in [2.05, 4.69) is 23.2 Å². The standard InChI is InChI=1S/C19H25NO2/c21-19(22)13-7-5-3-1-2-4-6-10-16-14-17-11-8-9-12-18(17)20-15-16/h8-9,11-12,14-15H,1-7,10,13H2,(H,21,22). The molecule has 0 saturated heterocycles. The van der Waals surface area contributed by atoms with Gasteiger partial charge in [0, 0.05) is 18.0 Å². The van der Waals surface area contributed by atoms with Gasteiger partial charge in [0.2, 0.25) is 0 Å². The lowest BCUT2D eigenvalue weighted by Gasteiger charge is -2.04. The lowest BCUT2D eigenvalue weighted by Crippen LogP contribution is -1.93. The normalized spacial score (nSPS) is 10.9. The summed E-state index contributed by atoms with van der Waals surface area (Å²) in [6.07, 6.45) is 11.3. The van der Waals surface area contributed by atoms with Crippen LogP contribution in [-0.2, 0) is 11.2 Å². The summed E-state index contributed by atoms with van der Waals surface area (Å²) in [5.74, 6) is -0.677. The molecule has 2 aromatic rings. The van der Waals surface area contributed by atoms with Crippen molar-refractivity contribution in [2.75, 3.05) is 0 Å². The number of pyridine rings is 1. The van der Waals surface area contributed by atoms with Crippen LogP contribution >= 0.6 is 0 Å². The summed E-state index contributed by atoms with van der Waals surface area (Å²) in [6, 6.07) is 10.5. The van der Waals surface area contributed by atoms with Gasteiger partial charge in [0.25, 0.3) is 0 Å². The van der Waals surface area contributed by atoms with Crippen LogP contribution < -0.4 is 0 Å². The van der Waals surface area contributed by atoms with Gasteiger partial charge in [-0.05, 0) is 37.0 Å². The van der Waals surface area contributed by atoms with Gasteiger partial charge in [0.05, 0.1) is 5.52 Å². The van der Waals surface area contributed by atoms with E-state index in [1.807, 2.05) is 18.3 Å². The Morgan fingerprint density at radius 1 is 0.955 bits per heavy atom. The van der Waals surface area contributed by atoms with E-state index in [0.717, 1.165) is 31.2 Å². The molecular formula is C19H25NO2. The number of carboxylic acid groups (broad SMARTS) is 1. The Morgan fingerprint density at radius 2 is 1.64 bits per heavy atom. The zero-order valence-electron chi connectivity index (χ0n) is 13.1. The van der Waals surface area contributed by atoms with Crippen LogP contribution in [0.5, 0.6) is 0 Å². The monoisotopic (exact) mass is 299 g/mol. The third-order valence-corrected chi connectivity index (χ3v) is 4.00. The molecule has 0 saturated carbocycles. The van der Waals surface area contributed by atoms with Crippen molar-refractivity contribution in [1.29, 1.82) is 0 Å². The number of para-hydroxylation sites is 1. The minimum Gasteiger partial charge on any atom is -0.481 e. The minimum atomic E-state index is -0.677. The molecule has 0 aliphatic heterocycles. The smallest absolute Gasteiger partial charge is 0.303 e. The van der Waals surface area contributed by atoms with Gasteiger partial charge in [0.1, 0.15) is 0 Å². The first-order valence-corrected chi connectivity index (χ1v) is 8.31. The minimum absolute atomic E-state index is 0.314. The molecule has 0 fully saturated rings. The molecule has 22 heavy (non-hydrogen) atoms. The van der Waals surface area contributed by atoms with E-state index in [0.29, 0.717) is 6.42 Å². The van der Waals surface area contributed by atoms with E-state index in [9.17, 15) is 4.79 Å². The Labute approximate surface area is 132 Å². The zero-order valence-corrected chi connectivity index (χ0v) is 13.1. The van der Waals surface area contributed by atoms with Crippen LogP contribution in [0.4, 0.5) is 0 Å². The highest BCUT2D eigenvalue weighted by molar-refractivity contribution is 5.78. The third kappa shape index (κ3) is 5.84. The Bertz CT molecular complexity index is 595. The van der Waals surface area contributed by atoms with E-state index < -0.39 is 5.97 Å². The largest absolute Gasteiger partial charge is 0.481 e. The van der Waals surface area contributed by atoms with Crippen molar-refractivity contribution < 1.29 is 9.90 Å². The molecule has 0 unspecified atom stereocenters. The van der Waals surface area contributed by atoms with Gasteiger partial charge in [-0.1, -0.05) is 50.3 Å². The van der Waals surface area contributed by atoms with E-state index in [1.54, 1.807) is 0 Å². The summed E-state index contributed by atoms with van der Waals surface area (Å²) in [5, 5.41) is 9.78. The average Bonchev–Trinajstić information content (AvgIpc) is 2.53. The number of aromatic nitrogens is 1. The molecule has 0 amide bonds. The van der Waals surface area contributed by atoms with Crippen LogP contribution in [0.15, 0.2) is 36.5 Å². The summed E-state index contributed by atoms with van der Waals surface area (Å²) in [4.78, 5) is 14.9. The van der Waals surface area contributed by atoms with Crippen LogP contribution in [0.2, 0.25) is 0 Å². The molecule has 0 aliphatic carbocycles. The second-order valence-electron chi connectivity index (χ2n) is 5.90. The maximum atomic E-state index is 10.4. The fourth-order valence-corrected chi connectivity index (χ4v) is 2.74. The highest BCUT2D eigenvalue weighted by atomic mass is 16.4. The van der Waals surface area contributed by atoms with Crippen molar-refractivity contribution in [3.63, 3.8) is 0 Å². The molecule has 3 heteroatoms. The van der Waals surface area contributed by atoms with Gasteiger partial charge in [0.15, 0.2) is 0 Å². The Kier molecular flexibility index (Phi) is 6.88. The fourth-order valence-electron chi connectivity index (χ4n) is 2.74. The third-order valence-electron chi connectivity index (χ3n) is 4.00. The Balaban J connectivity index is 1.57. The predicted molar refractivity (Wildman–Crippen MR) is 90.0 cm³/mol. The van der Waals surface area contributed by atoms with Crippen LogP contribution in [-0.4, -0.2) is 16.1 Å². The zero-order chi connectivity index (χ0) is 15.6. The molecule has 0 spiro atoms. The number of nitrogens with zero attached hydrogens (tertiary/aromatic N) is 1. The van der Waals surface area contributed by atoms with Gasteiger partial charge in [-0.15, -0.1) is 0 Å². The lowest BCUT2D eigenvalue weighted by atomic mass is 10.0. The van der Waals surface area contributed by atoms with Crippen molar-refractivity contribution in [2.45, 2.75) is 57.8 Å². The van der Waals surface area contributed by atoms with Gasteiger partial charge in [-0.3, -0.25) is 9.78 Å². The first kappa shape index (κ1) is 16.5. The van der Waals surface area contributed by atoms with Crippen molar-refractivity contribution in [2.24, 2.45) is 0 Å². The molecule has 118 valence electrons. The number of aliphatic carboxylic acids is 1. The molecule has 0 aliphatic rings. The maximum Gasteiger partial charge on any atom is 0.303 e. The van der Waals surface area contributed by atoms with Gasteiger partial charge in [-0.25, -0.2) is 0 Å². The summed E-state index contributed by atoms with van der Waals surface area (Å²) >= 11 is 0. The van der Waals surface area contributed by atoms with Crippen molar-refractivity contribution in [3.8, 4) is 0 Å². The number of benzene rings is 1. The topological polar surface area (TPSA) is 50.2 Å². The number of hydrogen-bond acceptors (Lipinski definition) is 2. The summed E-state index contributed by atoms with van der Waals surface area (Å²) in [7, 11) is 0. The second-order valence-corrected chi connectivity index (χ2v) is 5.90. The molecule has 1 aromatic carbocycles. The Hall–Kier alpha value is -1.90. The van der Waals surface area contributed by atoms with E-state index in [1.165, 1.54) is 36.6 Å². The molecule has 3 nitrogen and oxygen atoms in total. The van der Waals surface area contributed by atoms with Gasteiger partial charge >= 0.3 is 5.97 Å². The van der Waals surface area contributed by atoms with Crippen molar-refractivity contribution in [3.05, 3.63) is 42.1 Å². The molecule has 0 radical (unpaired) electrons. The van der Waals surface area contributed by atoms with Gasteiger partial charge < -0.3 is 5.11 Å². The molecule has 2 rings (SSSR count).